The van der Waals surface area contributed by atoms with E-state index >= 15 is 0 Å². The quantitative estimate of drug-likeness (QED) is 0.775. The minimum atomic E-state index is -3.84. The Morgan fingerprint density at radius 3 is 2.62 bits per heavy atom. The second kappa shape index (κ2) is 6.57. The maximum absolute atomic E-state index is 12.3. The van der Waals surface area contributed by atoms with Gasteiger partial charge < -0.3 is 4.74 Å². The SMILES string of the molecule is CCOC(=O)c1cn[nH]c1S(=O)(=O)NCC(C)C(C)(C)C. The van der Waals surface area contributed by atoms with Crippen LogP contribution in [-0.4, -0.2) is 37.7 Å². The Morgan fingerprint density at radius 2 is 2.10 bits per heavy atom. The van der Waals surface area contributed by atoms with Crippen LogP contribution in [0, 0.1) is 11.3 Å². The van der Waals surface area contributed by atoms with E-state index < -0.39 is 16.0 Å². The Hall–Kier alpha value is -1.41. The van der Waals surface area contributed by atoms with Crippen LogP contribution in [0.4, 0.5) is 0 Å². The summed E-state index contributed by atoms with van der Waals surface area (Å²) < 4.78 is 31.8. The van der Waals surface area contributed by atoms with Gasteiger partial charge in [-0.3, -0.25) is 5.10 Å². The number of esters is 1. The van der Waals surface area contributed by atoms with Crippen LogP contribution in [0.25, 0.3) is 0 Å². The van der Waals surface area contributed by atoms with Crippen LogP contribution in [0.2, 0.25) is 0 Å². The molecule has 1 aromatic heterocycles. The van der Waals surface area contributed by atoms with Crippen LogP contribution >= 0.6 is 0 Å². The third kappa shape index (κ3) is 4.53. The number of carbonyl (C=O) groups excluding carboxylic acids is 1. The Labute approximate surface area is 125 Å². The van der Waals surface area contributed by atoms with Crippen LogP contribution in [0.3, 0.4) is 0 Å². The molecule has 8 heteroatoms. The first-order valence-corrected chi connectivity index (χ1v) is 8.28. The molecule has 0 amide bonds. The molecule has 0 radical (unpaired) electrons. The highest BCUT2D eigenvalue weighted by atomic mass is 32.2. The summed E-state index contributed by atoms with van der Waals surface area (Å²) in [5.74, 6) is -0.586. The van der Waals surface area contributed by atoms with Crippen molar-refractivity contribution in [1.82, 2.24) is 14.9 Å². The number of H-pyrrole nitrogens is 1. The fourth-order valence-electron chi connectivity index (χ4n) is 1.45. The fraction of sp³-hybridized carbons (Fsp3) is 0.692. The first-order valence-electron chi connectivity index (χ1n) is 6.79. The van der Waals surface area contributed by atoms with Crippen molar-refractivity contribution >= 4 is 16.0 Å². The first kappa shape index (κ1) is 17.6. The van der Waals surface area contributed by atoms with E-state index in [0.29, 0.717) is 0 Å². The second-order valence-electron chi connectivity index (χ2n) is 5.95. The van der Waals surface area contributed by atoms with Crippen LogP contribution in [0.15, 0.2) is 11.2 Å². The van der Waals surface area contributed by atoms with Gasteiger partial charge in [0.25, 0.3) is 10.0 Å². The average Bonchev–Trinajstić information content (AvgIpc) is 2.85. The van der Waals surface area contributed by atoms with E-state index in [0.717, 1.165) is 6.20 Å². The van der Waals surface area contributed by atoms with Crippen LogP contribution in [-0.2, 0) is 14.8 Å². The van der Waals surface area contributed by atoms with Crippen molar-refractivity contribution < 1.29 is 17.9 Å². The molecule has 0 aliphatic carbocycles. The molecule has 0 aliphatic heterocycles. The molecule has 21 heavy (non-hydrogen) atoms. The van der Waals surface area contributed by atoms with E-state index in [1.54, 1.807) is 6.92 Å². The number of nitrogens with zero attached hydrogens (tertiary/aromatic N) is 1. The Morgan fingerprint density at radius 1 is 1.48 bits per heavy atom. The smallest absolute Gasteiger partial charge is 0.342 e. The number of rotatable bonds is 6. The third-order valence-corrected chi connectivity index (χ3v) is 4.82. The molecule has 0 aromatic carbocycles. The van der Waals surface area contributed by atoms with E-state index in [4.69, 9.17) is 4.74 Å². The summed E-state index contributed by atoms with van der Waals surface area (Å²) in [5.41, 5.74) is -0.117. The molecule has 7 nitrogen and oxygen atoms in total. The maximum atomic E-state index is 12.3. The summed E-state index contributed by atoms with van der Waals surface area (Å²) in [7, 11) is -3.84. The molecule has 1 aromatic rings. The number of hydrogen-bond donors (Lipinski definition) is 2. The highest BCUT2D eigenvalue weighted by Crippen LogP contribution is 2.25. The van der Waals surface area contributed by atoms with Crippen molar-refractivity contribution in [3.05, 3.63) is 11.8 Å². The summed E-state index contributed by atoms with van der Waals surface area (Å²) in [4.78, 5) is 11.7. The molecule has 1 unspecified atom stereocenters. The molecule has 2 N–H and O–H groups in total. The van der Waals surface area contributed by atoms with E-state index in [-0.39, 0.29) is 35.1 Å². The van der Waals surface area contributed by atoms with Gasteiger partial charge in [0.1, 0.15) is 5.56 Å². The van der Waals surface area contributed by atoms with Crippen molar-refractivity contribution in [3.8, 4) is 0 Å². The van der Waals surface area contributed by atoms with Gasteiger partial charge in [-0.1, -0.05) is 27.7 Å². The summed E-state index contributed by atoms with van der Waals surface area (Å²) in [6, 6.07) is 0. The molecule has 0 aliphatic rings. The van der Waals surface area contributed by atoms with Gasteiger partial charge in [-0.05, 0) is 18.3 Å². The average molecular weight is 317 g/mol. The lowest BCUT2D eigenvalue weighted by atomic mass is 9.82. The van der Waals surface area contributed by atoms with Gasteiger partial charge in [-0.15, -0.1) is 0 Å². The zero-order valence-electron chi connectivity index (χ0n) is 13.1. The molecular formula is C13H23N3O4S. The molecule has 1 rings (SSSR count). The number of aromatic nitrogens is 2. The Balaban J connectivity index is 2.90. The number of nitrogens with one attached hydrogen (secondary N) is 2. The summed E-state index contributed by atoms with van der Waals surface area (Å²) in [6.45, 7) is 10.1. The molecular weight excluding hydrogens is 294 g/mol. The lowest BCUT2D eigenvalue weighted by Gasteiger charge is -2.27. The molecule has 0 spiro atoms. The first-order chi connectivity index (χ1) is 9.59. The van der Waals surface area contributed by atoms with Gasteiger partial charge in [0.15, 0.2) is 5.03 Å². The predicted octanol–water partition coefficient (Wildman–Crippen LogP) is 1.55. The number of sulfonamides is 1. The topological polar surface area (TPSA) is 101 Å². The van der Waals surface area contributed by atoms with Crippen molar-refractivity contribution in [1.29, 1.82) is 0 Å². The van der Waals surface area contributed by atoms with E-state index in [2.05, 4.69) is 14.9 Å². The molecule has 0 saturated carbocycles. The maximum Gasteiger partial charge on any atom is 0.342 e. The number of carbonyl (C=O) groups is 1. The van der Waals surface area contributed by atoms with Gasteiger partial charge in [0, 0.05) is 6.54 Å². The fourth-order valence-corrected chi connectivity index (χ4v) is 2.66. The largest absolute Gasteiger partial charge is 0.462 e. The lowest BCUT2D eigenvalue weighted by molar-refractivity contribution is 0.0522. The van der Waals surface area contributed by atoms with Gasteiger partial charge in [0.05, 0.1) is 12.8 Å². The molecule has 0 saturated heterocycles. The monoisotopic (exact) mass is 317 g/mol. The predicted molar refractivity (Wildman–Crippen MR) is 78.4 cm³/mol. The standard InChI is InChI=1S/C13H23N3O4S/c1-6-20-12(17)10-8-14-16-11(10)21(18,19)15-7-9(2)13(3,4)5/h8-9,15H,6-7H2,1-5H3,(H,14,16). The number of aromatic amines is 1. The zero-order valence-corrected chi connectivity index (χ0v) is 13.9. The third-order valence-electron chi connectivity index (χ3n) is 3.43. The highest BCUT2D eigenvalue weighted by molar-refractivity contribution is 7.89. The van der Waals surface area contributed by atoms with Gasteiger partial charge in [-0.2, -0.15) is 5.10 Å². The van der Waals surface area contributed by atoms with Crippen LogP contribution in [0.5, 0.6) is 0 Å². The van der Waals surface area contributed by atoms with Crippen molar-refractivity contribution in [2.45, 2.75) is 39.6 Å². The van der Waals surface area contributed by atoms with Crippen molar-refractivity contribution in [2.75, 3.05) is 13.2 Å². The van der Waals surface area contributed by atoms with E-state index in [1.165, 1.54) is 0 Å². The molecule has 0 fully saturated rings. The number of ether oxygens (including phenoxy) is 1. The summed E-state index contributed by atoms with van der Waals surface area (Å²) in [6.07, 6.45) is 1.15. The minimum Gasteiger partial charge on any atom is -0.462 e. The van der Waals surface area contributed by atoms with Gasteiger partial charge in [-0.25, -0.2) is 17.9 Å². The highest BCUT2D eigenvalue weighted by Gasteiger charge is 2.28. The van der Waals surface area contributed by atoms with Crippen LogP contribution in [0.1, 0.15) is 45.0 Å². The Bertz CT molecular complexity index is 587. The van der Waals surface area contributed by atoms with Crippen molar-refractivity contribution in [3.63, 3.8) is 0 Å². The summed E-state index contributed by atoms with van der Waals surface area (Å²) in [5, 5.41) is 5.71. The van der Waals surface area contributed by atoms with E-state index in [9.17, 15) is 13.2 Å². The van der Waals surface area contributed by atoms with Gasteiger partial charge in [0.2, 0.25) is 0 Å². The van der Waals surface area contributed by atoms with Crippen molar-refractivity contribution in [2.24, 2.45) is 11.3 Å². The minimum absolute atomic E-state index is 0.0273. The summed E-state index contributed by atoms with van der Waals surface area (Å²) >= 11 is 0. The molecule has 1 heterocycles. The Kier molecular flexibility index (Phi) is 5.52. The normalized spacial score (nSPS) is 14.0. The molecule has 120 valence electrons. The van der Waals surface area contributed by atoms with Crippen LogP contribution < -0.4 is 4.72 Å². The lowest BCUT2D eigenvalue weighted by Crippen LogP contribution is -2.34. The number of hydrogen-bond acceptors (Lipinski definition) is 5. The zero-order chi connectivity index (χ0) is 16.3. The van der Waals surface area contributed by atoms with Gasteiger partial charge >= 0.3 is 5.97 Å². The second-order valence-corrected chi connectivity index (χ2v) is 7.66. The molecule has 1 atom stereocenters. The molecule has 0 bridgehead atoms. The van der Waals surface area contributed by atoms with E-state index in [1.807, 2.05) is 27.7 Å².